The maximum atomic E-state index is 10.6. The van der Waals surface area contributed by atoms with Crippen LogP contribution >= 0.6 is 0 Å². The number of aliphatic hydroxyl groups excluding tert-OH is 1. The van der Waals surface area contributed by atoms with Gasteiger partial charge < -0.3 is 10.2 Å². The summed E-state index contributed by atoms with van der Waals surface area (Å²) in [6, 6.07) is 0. The first-order valence-electron chi connectivity index (χ1n) is 6.29. The molecule has 0 spiro atoms. The molecule has 0 unspecified atom stereocenters. The van der Waals surface area contributed by atoms with Gasteiger partial charge in [-0.05, 0) is 46.5 Å². The van der Waals surface area contributed by atoms with E-state index in [1.807, 2.05) is 13.0 Å². The van der Waals surface area contributed by atoms with E-state index >= 15 is 0 Å². The largest absolute Gasteiger partial charge is 0.478 e. The van der Waals surface area contributed by atoms with Crippen LogP contribution in [0.4, 0.5) is 0 Å². The molecule has 0 atom stereocenters. The predicted molar refractivity (Wildman–Crippen MR) is 74.5 cm³/mol. The number of allylic oxidation sites excluding steroid dienone is 4. The van der Waals surface area contributed by atoms with E-state index in [2.05, 4.69) is 13.0 Å². The molecule has 18 heavy (non-hydrogen) atoms. The van der Waals surface area contributed by atoms with Crippen molar-refractivity contribution in [1.82, 2.24) is 0 Å². The lowest BCUT2D eigenvalue weighted by molar-refractivity contribution is -0.132. The van der Waals surface area contributed by atoms with E-state index in [1.165, 1.54) is 11.1 Å². The van der Waals surface area contributed by atoms with Crippen LogP contribution in [0, 0.1) is 0 Å². The highest BCUT2D eigenvalue weighted by Gasteiger charge is 1.98. The topological polar surface area (TPSA) is 57.5 Å². The summed E-state index contributed by atoms with van der Waals surface area (Å²) in [5.41, 5.74) is 2.88. The molecule has 0 aliphatic carbocycles. The minimum atomic E-state index is -0.846. The van der Waals surface area contributed by atoms with Gasteiger partial charge in [-0.3, -0.25) is 0 Å². The lowest BCUT2D eigenvalue weighted by Gasteiger charge is -2.01. The van der Waals surface area contributed by atoms with Crippen molar-refractivity contribution in [3.8, 4) is 0 Å². The Kier molecular flexibility index (Phi) is 8.93. The highest BCUT2D eigenvalue weighted by atomic mass is 16.4. The van der Waals surface area contributed by atoms with Gasteiger partial charge in [-0.1, -0.05) is 29.4 Å². The highest BCUT2D eigenvalue weighted by Crippen LogP contribution is 2.11. The number of carboxylic acid groups (broad SMARTS) is 1. The molecule has 3 heteroatoms. The third-order valence-electron chi connectivity index (χ3n) is 2.80. The first-order valence-corrected chi connectivity index (χ1v) is 6.29. The van der Waals surface area contributed by atoms with Crippen LogP contribution < -0.4 is 0 Å². The summed E-state index contributed by atoms with van der Waals surface area (Å²) in [6.07, 6.45) is 9.36. The Labute approximate surface area is 110 Å². The minimum absolute atomic E-state index is 0.105. The second-order valence-electron chi connectivity index (χ2n) is 4.55. The summed E-state index contributed by atoms with van der Waals surface area (Å²) in [6.45, 7) is 5.80. The fourth-order valence-electron chi connectivity index (χ4n) is 1.51. The average Bonchev–Trinajstić information content (AvgIpc) is 2.29. The quantitative estimate of drug-likeness (QED) is 0.514. The molecule has 0 heterocycles. The Balaban J connectivity index is 3.96. The van der Waals surface area contributed by atoms with Crippen LogP contribution in [0.1, 0.15) is 46.5 Å². The average molecular weight is 252 g/mol. The molecule has 0 fully saturated rings. The molecule has 0 amide bonds. The third-order valence-corrected chi connectivity index (χ3v) is 2.80. The van der Waals surface area contributed by atoms with Crippen molar-refractivity contribution in [2.24, 2.45) is 0 Å². The molecule has 2 N–H and O–H groups in total. The van der Waals surface area contributed by atoms with Crippen LogP contribution in [0.3, 0.4) is 0 Å². The fraction of sp³-hybridized carbons (Fsp3) is 0.533. The molecule has 0 bridgehead atoms. The van der Waals surface area contributed by atoms with Crippen LogP contribution in [-0.4, -0.2) is 22.8 Å². The van der Waals surface area contributed by atoms with Crippen molar-refractivity contribution < 1.29 is 15.0 Å². The van der Waals surface area contributed by atoms with E-state index in [9.17, 15) is 4.79 Å². The van der Waals surface area contributed by atoms with E-state index in [0.717, 1.165) is 25.7 Å². The standard InChI is InChI=1S/C15H24O3/c1-12(6-4-7-13(2)10-11-16)8-5-9-14(3)15(17)18/h6,9-10,16H,4-5,7-8,11H2,1-3H3,(H,17,18). The zero-order valence-electron chi connectivity index (χ0n) is 11.6. The van der Waals surface area contributed by atoms with Crippen LogP contribution in [0.5, 0.6) is 0 Å². The van der Waals surface area contributed by atoms with Gasteiger partial charge in [0.1, 0.15) is 0 Å². The summed E-state index contributed by atoms with van der Waals surface area (Å²) in [5, 5.41) is 17.4. The monoisotopic (exact) mass is 252 g/mol. The molecule has 0 saturated heterocycles. The Morgan fingerprint density at radius 2 is 1.44 bits per heavy atom. The van der Waals surface area contributed by atoms with E-state index in [4.69, 9.17) is 10.2 Å². The Bertz CT molecular complexity index is 349. The normalized spacial score (nSPS) is 13.9. The first kappa shape index (κ1) is 16.6. The third kappa shape index (κ3) is 8.76. The smallest absolute Gasteiger partial charge is 0.330 e. The molecule has 0 aliphatic heterocycles. The number of rotatable bonds is 8. The molecule has 0 aromatic carbocycles. The maximum absolute atomic E-state index is 10.6. The molecule has 0 radical (unpaired) electrons. The zero-order valence-corrected chi connectivity index (χ0v) is 11.6. The van der Waals surface area contributed by atoms with Crippen molar-refractivity contribution in [3.05, 3.63) is 34.9 Å². The summed E-state index contributed by atoms with van der Waals surface area (Å²) in [7, 11) is 0. The Morgan fingerprint density at radius 1 is 0.944 bits per heavy atom. The van der Waals surface area contributed by atoms with Crippen molar-refractivity contribution in [1.29, 1.82) is 0 Å². The molecular weight excluding hydrogens is 228 g/mol. The summed E-state index contributed by atoms with van der Waals surface area (Å²) in [5.74, 6) is -0.846. The van der Waals surface area contributed by atoms with Gasteiger partial charge >= 0.3 is 5.97 Å². The van der Waals surface area contributed by atoms with Gasteiger partial charge in [0.15, 0.2) is 0 Å². The molecule has 0 saturated carbocycles. The molecule has 3 nitrogen and oxygen atoms in total. The van der Waals surface area contributed by atoms with Crippen LogP contribution in [0.2, 0.25) is 0 Å². The molecule has 0 rings (SSSR count). The molecule has 0 aromatic heterocycles. The molecule has 0 aromatic rings. The van der Waals surface area contributed by atoms with Crippen LogP contribution in [0.25, 0.3) is 0 Å². The summed E-state index contributed by atoms with van der Waals surface area (Å²) in [4.78, 5) is 10.6. The number of hydrogen-bond acceptors (Lipinski definition) is 2. The van der Waals surface area contributed by atoms with Crippen molar-refractivity contribution >= 4 is 5.97 Å². The van der Waals surface area contributed by atoms with Crippen molar-refractivity contribution in [2.75, 3.05) is 6.61 Å². The van der Waals surface area contributed by atoms with Gasteiger partial charge in [-0.25, -0.2) is 4.79 Å². The van der Waals surface area contributed by atoms with Gasteiger partial charge in [0, 0.05) is 5.57 Å². The number of carbonyl (C=O) groups is 1. The highest BCUT2D eigenvalue weighted by molar-refractivity contribution is 5.85. The van der Waals surface area contributed by atoms with E-state index in [0.29, 0.717) is 5.57 Å². The Hall–Kier alpha value is -1.35. The number of hydrogen-bond donors (Lipinski definition) is 2. The van der Waals surface area contributed by atoms with Gasteiger partial charge in [-0.2, -0.15) is 0 Å². The lowest BCUT2D eigenvalue weighted by atomic mass is 10.1. The van der Waals surface area contributed by atoms with E-state index in [-0.39, 0.29) is 6.61 Å². The van der Waals surface area contributed by atoms with Crippen LogP contribution in [0.15, 0.2) is 34.9 Å². The van der Waals surface area contributed by atoms with Gasteiger partial charge in [0.05, 0.1) is 6.61 Å². The second-order valence-corrected chi connectivity index (χ2v) is 4.55. The van der Waals surface area contributed by atoms with Crippen LogP contribution in [-0.2, 0) is 4.79 Å². The summed E-state index contributed by atoms with van der Waals surface area (Å²) < 4.78 is 0. The fourth-order valence-corrected chi connectivity index (χ4v) is 1.51. The van der Waals surface area contributed by atoms with E-state index in [1.54, 1.807) is 13.0 Å². The zero-order chi connectivity index (χ0) is 14.0. The predicted octanol–water partition coefficient (Wildman–Crippen LogP) is 3.46. The minimum Gasteiger partial charge on any atom is -0.478 e. The molecule has 102 valence electrons. The Morgan fingerprint density at radius 3 is 1.94 bits per heavy atom. The number of aliphatic carboxylic acids is 1. The lowest BCUT2D eigenvalue weighted by Crippen LogP contribution is -1.95. The number of aliphatic hydroxyl groups is 1. The van der Waals surface area contributed by atoms with Gasteiger partial charge in [0.2, 0.25) is 0 Å². The molecular formula is C15H24O3. The van der Waals surface area contributed by atoms with E-state index < -0.39 is 5.97 Å². The second kappa shape index (κ2) is 9.66. The maximum Gasteiger partial charge on any atom is 0.330 e. The first-order chi connectivity index (χ1) is 8.47. The SMILES string of the molecule is CC(=CCO)CCC=C(C)CCC=C(C)C(=O)O. The van der Waals surface area contributed by atoms with Crippen molar-refractivity contribution in [2.45, 2.75) is 46.5 Å². The van der Waals surface area contributed by atoms with Gasteiger partial charge in [0.25, 0.3) is 0 Å². The summed E-state index contributed by atoms with van der Waals surface area (Å²) >= 11 is 0. The molecule has 0 aliphatic rings. The van der Waals surface area contributed by atoms with Crippen molar-refractivity contribution in [3.63, 3.8) is 0 Å². The number of carboxylic acids is 1. The van der Waals surface area contributed by atoms with Gasteiger partial charge in [-0.15, -0.1) is 0 Å².